The third-order valence-electron chi connectivity index (χ3n) is 2.49. The first-order chi connectivity index (χ1) is 5.52. The minimum absolute atomic E-state index is 0.497. The molecule has 2 atom stereocenters. The second-order valence-electron chi connectivity index (χ2n) is 3.64. The summed E-state index contributed by atoms with van der Waals surface area (Å²) in [7, 11) is 0. The molecule has 12 heavy (non-hydrogen) atoms. The van der Waals surface area contributed by atoms with Crippen molar-refractivity contribution in [2.24, 2.45) is 0 Å². The van der Waals surface area contributed by atoms with Gasteiger partial charge in [-0.25, -0.2) is 0 Å². The lowest BCUT2D eigenvalue weighted by molar-refractivity contribution is -0.922. The number of hydrogen-bond donors (Lipinski definition) is 1. The van der Waals surface area contributed by atoms with Crippen molar-refractivity contribution < 1.29 is 9.75 Å². The predicted octanol–water partition coefficient (Wildman–Crippen LogP) is 1.73. The lowest BCUT2D eigenvalue weighted by Gasteiger charge is -2.53. The van der Waals surface area contributed by atoms with Crippen molar-refractivity contribution in [1.29, 1.82) is 0 Å². The third-order valence-corrected chi connectivity index (χ3v) is 2.49. The molecule has 0 fully saturated rings. The maximum absolute atomic E-state index is 11.7. The van der Waals surface area contributed by atoms with Crippen LogP contribution in [0.5, 0.6) is 0 Å². The van der Waals surface area contributed by atoms with Crippen LogP contribution in [0.25, 0.3) is 0 Å². The highest BCUT2D eigenvalue weighted by molar-refractivity contribution is 5.00. The van der Waals surface area contributed by atoms with Gasteiger partial charge in [0.2, 0.25) is 5.72 Å². The van der Waals surface area contributed by atoms with E-state index in [0.717, 1.165) is 19.3 Å². The Hall–Kier alpha value is -0.380. The minimum Gasteiger partial charge on any atom is -0.625 e. The Morgan fingerprint density at radius 3 is 2.50 bits per heavy atom. The smallest absolute Gasteiger partial charge is 0.227 e. The van der Waals surface area contributed by atoms with E-state index in [1.54, 1.807) is 13.0 Å². The summed E-state index contributed by atoms with van der Waals surface area (Å²) in [6.45, 7) is 4.16. The number of quaternary nitrogens is 1. The summed E-state index contributed by atoms with van der Waals surface area (Å²) >= 11 is 0. The van der Waals surface area contributed by atoms with Crippen LogP contribution in [0.3, 0.4) is 0 Å². The van der Waals surface area contributed by atoms with Gasteiger partial charge in [0, 0.05) is 6.92 Å². The maximum atomic E-state index is 11.7. The second kappa shape index (κ2) is 3.17. The summed E-state index contributed by atoms with van der Waals surface area (Å²) < 4.78 is -0.562. The van der Waals surface area contributed by atoms with Crippen molar-refractivity contribution in [2.45, 2.75) is 38.8 Å². The number of hydroxylamine groups is 3. The van der Waals surface area contributed by atoms with E-state index in [1.165, 1.54) is 6.20 Å². The van der Waals surface area contributed by atoms with Crippen molar-refractivity contribution in [1.82, 2.24) is 0 Å². The fourth-order valence-electron chi connectivity index (χ4n) is 1.35. The van der Waals surface area contributed by atoms with Crippen LogP contribution in [0.4, 0.5) is 0 Å². The Kier molecular flexibility index (Phi) is 2.56. The van der Waals surface area contributed by atoms with E-state index < -0.39 is 10.4 Å². The molecule has 70 valence electrons. The van der Waals surface area contributed by atoms with Gasteiger partial charge in [0.1, 0.15) is 6.20 Å². The molecule has 0 aliphatic carbocycles. The van der Waals surface area contributed by atoms with Crippen molar-refractivity contribution in [3.8, 4) is 0 Å². The van der Waals surface area contributed by atoms with E-state index in [4.69, 9.17) is 0 Å². The minimum atomic E-state index is -1.17. The van der Waals surface area contributed by atoms with Crippen LogP contribution in [0.15, 0.2) is 12.3 Å². The summed E-state index contributed by atoms with van der Waals surface area (Å²) in [5.74, 6) is 0. The normalized spacial score (nSPS) is 39.7. The van der Waals surface area contributed by atoms with E-state index in [9.17, 15) is 10.3 Å². The van der Waals surface area contributed by atoms with Gasteiger partial charge in [0.25, 0.3) is 0 Å². The Bertz CT molecular complexity index is 189. The monoisotopic (exact) mass is 171 g/mol. The van der Waals surface area contributed by atoms with E-state index in [1.807, 2.05) is 0 Å². The molecule has 0 saturated heterocycles. The summed E-state index contributed by atoms with van der Waals surface area (Å²) in [4.78, 5) is 0. The Balaban J connectivity index is 2.37. The zero-order valence-electron chi connectivity index (χ0n) is 7.79. The van der Waals surface area contributed by atoms with Gasteiger partial charge in [-0.05, 0) is 12.8 Å². The van der Waals surface area contributed by atoms with Crippen LogP contribution < -0.4 is 0 Å². The van der Waals surface area contributed by atoms with Gasteiger partial charge in [-0.15, -0.1) is 0 Å². The van der Waals surface area contributed by atoms with Crippen LogP contribution in [0.1, 0.15) is 33.1 Å². The fraction of sp³-hybridized carbons (Fsp3) is 0.778. The van der Waals surface area contributed by atoms with Crippen molar-refractivity contribution >= 4 is 0 Å². The molecule has 3 heteroatoms. The average molecular weight is 171 g/mol. The largest absolute Gasteiger partial charge is 0.625 e. The molecule has 1 N–H and O–H groups in total. The van der Waals surface area contributed by atoms with Gasteiger partial charge in [0.15, 0.2) is 0 Å². The molecule has 0 bridgehead atoms. The molecule has 1 aliphatic rings. The highest BCUT2D eigenvalue weighted by Gasteiger charge is 2.43. The molecule has 0 aromatic carbocycles. The second-order valence-corrected chi connectivity index (χ2v) is 3.64. The van der Waals surface area contributed by atoms with Gasteiger partial charge in [-0.1, -0.05) is 13.3 Å². The molecule has 0 spiro atoms. The van der Waals surface area contributed by atoms with E-state index in [2.05, 4.69) is 6.92 Å². The lowest BCUT2D eigenvalue weighted by atomic mass is 10.1. The van der Waals surface area contributed by atoms with Crippen LogP contribution in [0.2, 0.25) is 0 Å². The van der Waals surface area contributed by atoms with Gasteiger partial charge >= 0.3 is 0 Å². The fourth-order valence-corrected chi connectivity index (χ4v) is 1.35. The summed E-state index contributed by atoms with van der Waals surface area (Å²) in [5.41, 5.74) is -1.17. The zero-order chi connectivity index (χ0) is 9.24. The number of unbranched alkanes of at least 4 members (excludes halogenated alkanes) is 2. The zero-order valence-corrected chi connectivity index (χ0v) is 7.79. The summed E-state index contributed by atoms with van der Waals surface area (Å²) in [5, 5.41) is 21.2. The summed E-state index contributed by atoms with van der Waals surface area (Å²) in [6, 6.07) is 0. The van der Waals surface area contributed by atoms with Gasteiger partial charge in [0.05, 0.1) is 12.6 Å². The SMILES string of the molecule is CCCCC[N+]1([O-])C=CC1(C)O. The summed E-state index contributed by atoms with van der Waals surface area (Å²) in [6.07, 6.45) is 6.14. The molecular formula is C9H17NO2. The molecular weight excluding hydrogens is 154 g/mol. The highest BCUT2D eigenvalue weighted by Crippen LogP contribution is 2.33. The first-order valence-corrected chi connectivity index (χ1v) is 4.53. The molecule has 0 aromatic rings. The first kappa shape index (κ1) is 9.71. The first-order valence-electron chi connectivity index (χ1n) is 4.53. The number of rotatable bonds is 4. The van der Waals surface area contributed by atoms with E-state index in [-0.39, 0.29) is 0 Å². The molecule has 1 rings (SSSR count). The standard InChI is InChI=1S/C9H17NO2/c1-3-4-5-7-10(12)8-6-9(10,2)11/h6,8,11H,3-5,7H2,1-2H3. The predicted molar refractivity (Wildman–Crippen MR) is 47.8 cm³/mol. The Morgan fingerprint density at radius 2 is 2.17 bits per heavy atom. The topological polar surface area (TPSA) is 43.3 Å². The maximum Gasteiger partial charge on any atom is 0.227 e. The third kappa shape index (κ3) is 1.53. The van der Waals surface area contributed by atoms with Crippen LogP contribution in [-0.4, -0.2) is 22.0 Å². The van der Waals surface area contributed by atoms with Gasteiger partial charge in [-0.3, -0.25) is 0 Å². The molecule has 1 heterocycles. The Morgan fingerprint density at radius 1 is 1.50 bits per heavy atom. The van der Waals surface area contributed by atoms with Crippen LogP contribution in [0, 0.1) is 5.21 Å². The van der Waals surface area contributed by atoms with Crippen molar-refractivity contribution in [2.75, 3.05) is 6.54 Å². The van der Waals surface area contributed by atoms with Crippen molar-refractivity contribution in [3.63, 3.8) is 0 Å². The van der Waals surface area contributed by atoms with Crippen LogP contribution in [-0.2, 0) is 0 Å². The molecule has 1 aliphatic heterocycles. The number of aliphatic hydroxyl groups is 1. The number of hydrogen-bond acceptors (Lipinski definition) is 2. The Labute approximate surface area is 73.5 Å². The number of nitrogens with zero attached hydrogens (tertiary/aromatic N) is 1. The average Bonchev–Trinajstić information content (AvgIpc) is 2.03. The molecule has 3 nitrogen and oxygen atoms in total. The van der Waals surface area contributed by atoms with Crippen LogP contribution >= 0.6 is 0 Å². The van der Waals surface area contributed by atoms with Gasteiger partial charge < -0.3 is 15.0 Å². The molecule has 0 aromatic heterocycles. The van der Waals surface area contributed by atoms with Gasteiger partial charge in [-0.2, -0.15) is 0 Å². The molecule has 0 amide bonds. The van der Waals surface area contributed by atoms with E-state index >= 15 is 0 Å². The molecule has 0 radical (unpaired) electrons. The molecule has 2 unspecified atom stereocenters. The lowest BCUT2D eigenvalue weighted by Crippen LogP contribution is -2.60. The molecule has 0 saturated carbocycles. The van der Waals surface area contributed by atoms with Crippen molar-refractivity contribution in [3.05, 3.63) is 17.5 Å². The van der Waals surface area contributed by atoms with E-state index in [0.29, 0.717) is 6.54 Å². The quantitative estimate of drug-likeness (QED) is 0.397. The highest BCUT2D eigenvalue weighted by atomic mass is 16.6.